The molecule has 33 heavy (non-hydrogen) atoms. The number of amides is 1. The number of benzene rings is 3. The quantitative estimate of drug-likeness (QED) is 0.578. The third-order valence-electron chi connectivity index (χ3n) is 6.42. The van der Waals surface area contributed by atoms with Crippen LogP contribution in [0.4, 0.5) is 14.5 Å². The lowest BCUT2D eigenvalue weighted by molar-refractivity contribution is 0.0701. The van der Waals surface area contributed by atoms with Gasteiger partial charge in [0.15, 0.2) is 0 Å². The van der Waals surface area contributed by atoms with Crippen molar-refractivity contribution in [2.75, 3.05) is 18.5 Å². The van der Waals surface area contributed by atoms with E-state index in [1.54, 1.807) is 12.1 Å². The molecule has 0 bridgehead atoms. The zero-order chi connectivity index (χ0) is 22.9. The Balaban J connectivity index is 1.50. The number of nitrogens with zero attached hydrogens (tertiary/aromatic N) is 1. The minimum absolute atomic E-state index is 0.0364. The molecule has 1 saturated heterocycles. The molecule has 5 rings (SSSR count). The van der Waals surface area contributed by atoms with Crippen LogP contribution in [0.25, 0.3) is 0 Å². The van der Waals surface area contributed by atoms with E-state index in [1.807, 2.05) is 23.1 Å². The van der Waals surface area contributed by atoms with Gasteiger partial charge in [0.05, 0.1) is 18.7 Å². The molecule has 3 aromatic carbocycles. The number of anilines is 1. The van der Waals surface area contributed by atoms with Gasteiger partial charge in [-0.2, -0.15) is 0 Å². The fraction of sp³-hybridized carbons (Fsp3) is 0.222. The maximum Gasteiger partial charge on any atom is 0.254 e. The number of nitrogens with one attached hydrogen (secondary N) is 1. The molecule has 0 saturated carbocycles. The molecule has 4 nitrogen and oxygen atoms in total. The molecule has 0 aromatic heterocycles. The standard InChI is InChI=1S/C27H22F2N2O2/c28-20-8-3-17(4-9-20)1-2-18-5-12-24-23(15-18)26-22(25(16-32)30-24)13-14-31(26)27(33)19-6-10-21(29)11-7-19/h3-12,15,22,25-26,30,32H,13-14,16H2/t22-,25+,26-/m1/s1. The first-order valence-electron chi connectivity index (χ1n) is 10.9. The summed E-state index contributed by atoms with van der Waals surface area (Å²) in [4.78, 5) is 15.1. The minimum Gasteiger partial charge on any atom is -0.394 e. The highest BCUT2D eigenvalue weighted by atomic mass is 19.1. The van der Waals surface area contributed by atoms with Crippen LogP contribution in [0.5, 0.6) is 0 Å². The van der Waals surface area contributed by atoms with Gasteiger partial charge in [0.1, 0.15) is 11.6 Å². The number of aliphatic hydroxyl groups is 1. The van der Waals surface area contributed by atoms with E-state index >= 15 is 0 Å². The number of aliphatic hydroxyl groups excluding tert-OH is 1. The number of carbonyl (C=O) groups excluding carboxylic acids is 1. The van der Waals surface area contributed by atoms with E-state index in [-0.39, 0.29) is 42.2 Å². The molecular formula is C27H22F2N2O2. The summed E-state index contributed by atoms with van der Waals surface area (Å²) in [5, 5.41) is 13.4. The molecule has 1 fully saturated rings. The van der Waals surface area contributed by atoms with Gasteiger partial charge in [-0.15, -0.1) is 0 Å². The summed E-state index contributed by atoms with van der Waals surface area (Å²) in [6.45, 7) is 0.514. The van der Waals surface area contributed by atoms with E-state index < -0.39 is 0 Å². The Hall–Kier alpha value is -3.69. The minimum atomic E-state index is -0.386. The van der Waals surface area contributed by atoms with Gasteiger partial charge in [0, 0.05) is 34.8 Å². The number of fused-ring (bicyclic) bond motifs is 3. The first kappa shape index (κ1) is 21.2. The van der Waals surface area contributed by atoms with Crippen molar-refractivity contribution in [3.05, 3.63) is 101 Å². The Bertz CT molecular complexity index is 1250. The van der Waals surface area contributed by atoms with Crippen LogP contribution in [0.2, 0.25) is 0 Å². The van der Waals surface area contributed by atoms with Crippen molar-refractivity contribution in [1.29, 1.82) is 0 Å². The van der Waals surface area contributed by atoms with Crippen LogP contribution in [0.1, 0.15) is 39.5 Å². The Morgan fingerprint density at radius 3 is 2.30 bits per heavy atom. The molecule has 6 heteroatoms. The first-order chi connectivity index (χ1) is 16.0. The molecule has 0 unspecified atom stereocenters. The van der Waals surface area contributed by atoms with Crippen molar-refractivity contribution >= 4 is 11.6 Å². The summed E-state index contributed by atoms with van der Waals surface area (Å²) < 4.78 is 26.5. The molecule has 0 aliphatic carbocycles. The Kier molecular flexibility index (Phi) is 5.57. The summed E-state index contributed by atoms with van der Waals surface area (Å²) in [6.07, 6.45) is 0.751. The SMILES string of the molecule is O=C(c1ccc(F)cc1)N1CC[C@@H]2[C@H](CO)Nc3ccc(C#Cc4ccc(F)cc4)cc3[C@@H]21. The van der Waals surface area contributed by atoms with E-state index in [4.69, 9.17) is 0 Å². The summed E-state index contributed by atoms with van der Waals surface area (Å²) in [7, 11) is 0. The van der Waals surface area contributed by atoms with Crippen molar-refractivity contribution in [2.45, 2.75) is 18.5 Å². The molecule has 2 heterocycles. The molecule has 166 valence electrons. The molecule has 2 aliphatic rings. The van der Waals surface area contributed by atoms with E-state index in [2.05, 4.69) is 17.2 Å². The Morgan fingerprint density at radius 2 is 1.61 bits per heavy atom. The van der Waals surface area contributed by atoms with Crippen LogP contribution < -0.4 is 5.32 Å². The van der Waals surface area contributed by atoms with Crippen LogP contribution >= 0.6 is 0 Å². The normalized spacial score (nSPS) is 20.8. The summed E-state index contributed by atoms with van der Waals surface area (Å²) in [5.41, 5.74) is 3.73. The number of hydrogen-bond donors (Lipinski definition) is 2. The highest BCUT2D eigenvalue weighted by Crippen LogP contribution is 2.47. The van der Waals surface area contributed by atoms with E-state index in [1.165, 1.54) is 36.4 Å². The lowest BCUT2D eigenvalue weighted by Crippen LogP contribution is -2.42. The number of likely N-dealkylation sites (tertiary alicyclic amines) is 1. The van der Waals surface area contributed by atoms with Crippen molar-refractivity contribution in [1.82, 2.24) is 4.90 Å². The summed E-state index contributed by atoms with van der Waals surface area (Å²) in [5.74, 6) is 5.37. The second-order valence-corrected chi connectivity index (χ2v) is 8.40. The predicted molar refractivity (Wildman–Crippen MR) is 122 cm³/mol. The first-order valence-corrected chi connectivity index (χ1v) is 10.9. The smallest absolute Gasteiger partial charge is 0.254 e. The van der Waals surface area contributed by atoms with Gasteiger partial charge < -0.3 is 15.3 Å². The average molecular weight is 444 g/mol. The lowest BCUT2D eigenvalue weighted by Gasteiger charge is -2.39. The second kappa shape index (κ2) is 8.68. The largest absolute Gasteiger partial charge is 0.394 e. The fourth-order valence-electron chi connectivity index (χ4n) is 4.80. The molecule has 2 aliphatic heterocycles. The molecule has 3 aromatic rings. The van der Waals surface area contributed by atoms with E-state index in [9.17, 15) is 18.7 Å². The highest BCUT2D eigenvalue weighted by Gasteiger charge is 2.45. The predicted octanol–water partition coefficient (Wildman–Crippen LogP) is 4.35. The average Bonchev–Trinajstić information content (AvgIpc) is 3.29. The molecule has 3 atom stereocenters. The zero-order valence-corrected chi connectivity index (χ0v) is 17.8. The molecule has 1 amide bonds. The fourth-order valence-corrected chi connectivity index (χ4v) is 4.80. The zero-order valence-electron chi connectivity index (χ0n) is 17.8. The van der Waals surface area contributed by atoms with Crippen molar-refractivity contribution in [2.24, 2.45) is 5.92 Å². The van der Waals surface area contributed by atoms with Gasteiger partial charge in [-0.25, -0.2) is 8.78 Å². The lowest BCUT2D eigenvalue weighted by atomic mass is 9.82. The van der Waals surface area contributed by atoms with Gasteiger partial charge in [-0.3, -0.25) is 4.79 Å². The summed E-state index contributed by atoms with van der Waals surface area (Å²) >= 11 is 0. The van der Waals surface area contributed by atoms with E-state index in [0.717, 1.165) is 23.2 Å². The van der Waals surface area contributed by atoms with Gasteiger partial charge in [-0.05, 0) is 78.7 Å². The number of rotatable bonds is 2. The van der Waals surface area contributed by atoms with Crippen LogP contribution in [0.3, 0.4) is 0 Å². The van der Waals surface area contributed by atoms with Crippen molar-refractivity contribution < 1.29 is 18.7 Å². The molecular weight excluding hydrogens is 422 g/mol. The van der Waals surface area contributed by atoms with Gasteiger partial charge in [0.2, 0.25) is 0 Å². The highest BCUT2D eigenvalue weighted by molar-refractivity contribution is 5.95. The van der Waals surface area contributed by atoms with Crippen molar-refractivity contribution in [3.8, 4) is 11.8 Å². The maximum atomic E-state index is 13.4. The number of carbonyl (C=O) groups is 1. The van der Waals surface area contributed by atoms with Gasteiger partial charge >= 0.3 is 0 Å². The van der Waals surface area contributed by atoms with Gasteiger partial charge in [-0.1, -0.05) is 11.8 Å². The number of hydrogen-bond acceptors (Lipinski definition) is 3. The second-order valence-electron chi connectivity index (χ2n) is 8.40. The van der Waals surface area contributed by atoms with Gasteiger partial charge in [0.25, 0.3) is 5.91 Å². The molecule has 0 radical (unpaired) electrons. The molecule has 0 spiro atoms. The molecule has 2 N–H and O–H groups in total. The van der Waals surface area contributed by atoms with Crippen LogP contribution in [-0.2, 0) is 0 Å². The monoisotopic (exact) mass is 444 g/mol. The van der Waals surface area contributed by atoms with Crippen LogP contribution in [-0.4, -0.2) is 35.1 Å². The van der Waals surface area contributed by atoms with Crippen LogP contribution in [0, 0.1) is 29.4 Å². The Morgan fingerprint density at radius 1 is 0.970 bits per heavy atom. The van der Waals surface area contributed by atoms with E-state index in [0.29, 0.717) is 17.7 Å². The van der Waals surface area contributed by atoms with Crippen LogP contribution in [0.15, 0.2) is 66.7 Å². The topological polar surface area (TPSA) is 52.6 Å². The maximum absolute atomic E-state index is 13.4. The van der Waals surface area contributed by atoms with Crippen molar-refractivity contribution in [3.63, 3.8) is 0 Å². The number of halogens is 2. The summed E-state index contributed by atoms with van der Waals surface area (Å²) in [6, 6.07) is 17.0. The Labute approximate surface area is 190 Å². The third-order valence-corrected chi connectivity index (χ3v) is 6.42. The third kappa shape index (κ3) is 4.08.